The van der Waals surface area contributed by atoms with Crippen LogP contribution in [-0.4, -0.2) is 19.8 Å². The minimum absolute atomic E-state index is 0.164. The topological polar surface area (TPSA) is 158 Å². The summed E-state index contributed by atoms with van der Waals surface area (Å²) < 4.78 is 0. The molecule has 0 fully saturated rings. The van der Waals surface area contributed by atoms with E-state index in [4.69, 9.17) is 5.73 Å². The van der Waals surface area contributed by atoms with E-state index in [1.54, 1.807) is 24.3 Å². The van der Waals surface area contributed by atoms with Gasteiger partial charge in [0.05, 0.1) is 26.9 Å². The molecular formula is C14H9N5O5. The lowest BCUT2D eigenvalue weighted by molar-refractivity contribution is -0.393. The van der Waals surface area contributed by atoms with Crippen LogP contribution in [0.25, 0.3) is 22.3 Å². The Morgan fingerprint density at radius 3 is 2.46 bits per heavy atom. The zero-order valence-electron chi connectivity index (χ0n) is 11.9. The van der Waals surface area contributed by atoms with Crippen LogP contribution in [0.1, 0.15) is 0 Å². The summed E-state index contributed by atoms with van der Waals surface area (Å²) in [6.45, 7) is 0. The number of aromatic nitrogens is 2. The predicted octanol–water partition coefficient (Wildman–Crippen LogP) is 1.99. The Labute approximate surface area is 132 Å². The molecule has 3 aromatic rings. The summed E-state index contributed by atoms with van der Waals surface area (Å²) in [4.78, 5) is 39.4. The second-order valence-corrected chi connectivity index (χ2v) is 4.87. The summed E-state index contributed by atoms with van der Waals surface area (Å²) in [7, 11) is 0. The van der Waals surface area contributed by atoms with Gasteiger partial charge in [-0.25, -0.2) is 4.98 Å². The maximum Gasteiger partial charge on any atom is 0.299 e. The first-order valence-electron chi connectivity index (χ1n) is 6.60. The van der Waals surface area contributed by atoms with Crippen LogP contribution in [0.15, 0.2) is 41.2 Å². The SMILES string of the molecule is Nc1c(-c2nc3ccccc3[nH]c2=O)cc([N+](=O)[O-])cc1[N+](=O)[O-]. The lowest BCUT2D eigenvalue weighted by Crippen LogP contribution is -2.13. The minimum Gasteiger partial charge on any atom is -0.393 e. The van der Waals surface area contributed by atoms with Crippen LogP contribution in [-0.2, 0) is 0 Å². The summed E-state index contributed by atoms with van der Waals surface area (Å²) in [5.41, 5.74) is 4.00. The molecule has 1 heterocycles. The number of nitro groups is 2. The molecule has 10 heteroatoms. The summed E-state index contributed by atoms with van der Waals surface area (Å²) in [5.74, 6) is 0. The number of anilines is 1. The monoisotopic (exact) mass is 327 g/mol. The quantitative estimate of drug-likeness (QED) is 0.422. The summed E-state index contributed by atoms with van der Waals surface area (Å²) in [5, 5.41) is 22.1. The van der Waals surface area contributed by atoms with E-state index in [-0.39, 0.29) is 16.9 Å². The standard InChI is InChI=1S/C14H9N5O5/c15-12-8(5-7(18(21)22)6-11(12)19(23)24)13-14(20)17-10-4-2-1-3-9(10)16-13/h1-6H,15H2,(H,17,20). The molecule has 0 aliphatic heterocycles. The highest BCUT2D eigenvalue weighted by Gasteiger charge is 2.25. The first-order chi connectivity index (χ1) is 11.4. The van der Waals surface area contributed by atoms with E-state index in [0.717, 1.165) is 12.1 Å². The average Bonchev–Trinajstić information content (AvgIpc) is 2.54. The first-order valence-corrected chi connectivity index (χ1v) is 6.60. The number of para-hydroxylation sites is 2. The van der Waals surface area contributed by atoms with Gasteiger partial charge in [-0.1, -0.05) is 12.1 Å². The molecular weight excluding hydrogens is 318 g/mol. The van der Waals surface area contributed by atoms with Crippen LogP contribution < -0.4 is 11.3 Å². The molecule has 3 N–H and O–H groups in total. The van der Waals surface area contributed by atoms with Crippen molar-refractivity contribution in [2.45, 2.75) is 0 Å². The number of hydrogen-bond donors (Lipinski definition) is 2. The molecule has 0 saturated heterocycles. The maximum atomic E-state index is 12.2. The third-order valence-corrected chi connectivity index (χ3v) is 3.41. The lowest BCUT2D eigenvalue weighted by atomic mass is 10.1. The van der Waals surface area contributed by atoms with E-state index in [1.807, 2.05) is 0 Å². The predicted molar refractivity (Wildman–Crippen MR) is 85.5 cm³/mol. The highest BCUT2D eigenvalue weighted by atomic mass is 16.6. The second-order valence-electron chi connectivity index (χ2n) is 4.87. The van der Waals surface area contributed by atoms with E-state index in [0.29, 0.717) is 11.0 Å². The van der Waals surface area contributed by atoms with E-state index in [2.05, 4.69) is 9.97 Å². The summed E-state index contributed by atoms with van der Waals surface area (Å²) in [6, 6.07) is 8.38. The van der Waals surface area contributed by atoms with Crippen molar-refractivity contribution in [2.24, 2.45) is 0 Å². The molecule has 0 aliphatic rings. The first kappa shape index (κ1) is 15.1. The minimum atomic E-state index is -0.846. The van der Waals surface area contributed by atoms with Crippen LogP contribution >= 0.6 is 0 Å². The van der Waals surface area contributed by atoms with Crippen LogP contribution in [0, 0.1) is 20.2 Å². The molecule has 0 atom stereocenters. The van der Waals surface area contributed by atoms with Gasteiger partial charge in [-0.3, -0.25) is 25.0 Å². The van der Waals surface area contributed by atoms with Gasteiger partial charge in [0.2, 0.25) is 0 Å². The van der Waals surface area contributed by atoms with E-state index < -0.39 is 26.8 Å². The molecule has 2 aromatic carbocycles. The van der Waals surface area contributed by atoms with Gasteiger partial charge in [0.25, 0.3) is 16.9 Å². The van der Waals surface area contributed by atoms with Crippen molar-refractivity contribution < 1.29 is 9.85 Å². The number of nitro benzene ring substituents is 2. The Kier molecular flexibility index (Phi) is 3.41. The smallest absolute Gasteiger partial charge is 0.299 e. The van der Waals surface area contributed by atoms with E-state index in [1.165, 1.54) is 0 Å². The zero-order valence-corrected chi connectivity index (χ0v) is 11.9. The molecule has 3 rings (SSSR count). The van der Waals surface area contributed by atoms with Crippen LogP contribution in [0.3, 0.4) is 0 Å². The molecule has 1 aromatic heterocycles. The Morgan fingerprint density at radius 1 is 1.08 bits per heavy atom. The summed E-state index contributed by atoms with van der Waals surface area (Å²) >= 11 is 0. The molecule has 24 heavy (non-hydrogen) atoms. The number of nitrogens with two attached hydrogens (primary N) is 1. The molecule has 0 unspecified atom stereocenters. The molecule has 0 aliphatic carbocycles. The number of nitrogens with zero attached hydrogens (tertiary/aromatic N) is 3. The van der Waals surface area contributed by atoms with Crippen molar-refractivity contribution in [3.8, 4) is 11.3 Å². The number of rotatable bonds is 3. The van der Waals surface area contributed by atoms with Gasteiger partial charge < -0.3 is 10.7 Å². The van der Waals surface area contributed by atoms with Gasteiger partial charge in [-0.2, -0.15) is 0 Å². The molecule has 0 saturated carbocycles. The van der Waals surface area contributed by atoms with Crippen molar-refractivity contribution in [3.63, 3.8) is 0 Å². The molecule has 0 bridgehead atoms. The van der Waals surface area contributed by atoms with Gasteiger partial charge in [0.1, 0.15) is 11.4 Å². The number of nitrogen functional groups attached to an aromatic ring is 1. The number of non-ortho nitro benzene ring substituents is 1. The number of nitrogens with one attached hydrogen (secondary N) is 1. The molecule has 10 nitrogen and oxygen atoms in total. The zero-order chi connectivity index (χ0) is 17.4. The van der Waals surface area contributed by atoms with Crippen LogP contribution in [0.4, 0.5) is 17.1 Å². The summed E-state index contributed by atoms with van der Waals surface area (Å²) in [6.07, 6.45) is 0. The lowest BCUT2D eigenvalue weighted by Gasteiger charge is -2.06. The number of hydrogen-bond acceptors (Lipinski definition) is 7. The van der Waals surface area contributed by atoms with E-state index in [9.17, 15) is 25.0 Å². The third-order valence-electron chi connectivity index (χ3n) is 3.41. The van der Waals surface area contributed by atoms with Gasteiger partial charge in [0, 0.05) is 11.6 Å². The Morgan fingerprint density at radius 2 is 1.79 bits per heavy atom. The molecule has 0 amide bonds. The third kappa shape index (κ3) is 2.41. The number of fused-ring (bicyclic) bond motifs is 1. The van der Waals surface area contributed by atoms with Crippen molar-refractivity contribution in [1.29, 1.82) is 0 Å². The fourth-order valence-electron chi connectivity index (χ4n) is 2.29. The van der Waals surface area contributed by atoms with Crippen molar-refractivity contribution in [3.05, 3.63) is 67.0 Å². The Hall–Kier alpha value is -3.82. The highest BCUT2D eigenvalue weighted by molar-refractivity contribution is 5.85. The number of H-pyrrole nitrogens is 1. The second kappa shape index (κ2) is 5.43. The largest absolute Gasteiger partial charge is 0.393 e. The molecule has 0 spiro atoms. The average molecular weight is 327 g/mol. The van der Waals surface area contributed by atoms with Crippen LogP contribution in [0.2, 0.25) is 0 Å². The maximum absolute atomic E-state index is 12.2. The van der Waals surface area contributed by atoms with Crippen molar-refractivity contribution in [2.75, 3.05) is 5.73 Å². The normalized spacial score (nSPS) is 10.7. The van der Waals surface area contributed by atoms with Crippen molar-refractivity contribution in [1.82, 2.24) is 9.97 Å². The fourth-order valence-corrected chi connectivity index (χ4v) is 2.29. The number of benzene rings is 2. The van der Waals surface area contributed by atoms with Gasteiger partial charge in [-0.05, 0) is 12.1 Å². The van der Waals surface area contributed by atoms with Gasteiger partial charge in [0.15, 0.2) is 0 Å². The Bertz CT molecular complexity index is 1060. The van der Waals surface area contributed by atoms with Gasteiger partial charge in [-0.15, -0.1) is 0 Å². The fraction of sp³-hybridized carbons (Fsp3) is 0. The molecule has 0 radical (unpaired) electrons. The molecule has 120 valence electrons. The highest BCUT2D eigenvalue weighted by Crippen LogP contribution is 2.35. The number of aromatic amines is 1. The Balaban J connectivity index is 2.37. The van der Waals surface area contributed by atoms with Crippen molar-refractivity contribution >= 4 is 28.1 Å². The van der Waals surface area contributed by atoms with Gasteiger partial charge >= 0.3 is 0 Å². The van der Waals surface area contributed by atoms with Crippen LogP contribution in [0.5, 0.6) is 0 Å². The van der Waals surface area contributed by atoms with E-state index >= 15 is 0 Å².